The molecular formula is C27H37N3O6. The summed E-state index contributed by atoms with van der Waals surface area (Å²) in [7, 11) is 0. The molecule has 2 aromatic carbocycles. The van der Waals surface area contributed by atoms with Gasteiger partial charge >= 0.3 is 17.9 Å². The monoisotopic (exact) mass is 499 g/mol. The van der Waals surface area contributed by atoms with Crippen molar-refractivity contribution in [2.24, 2.45) is 11.8 Å². The van der Waals surface area contributed by atoms with E-state index in [4.69, 9.17) is 9.47 Å². The molecule has 9 heteroatoms. The fraction of sp³-hybridized carbons (Fsp3) is 0.444. The number of hydrogen-bond donors (Lipinski definition) is 3. The molecule has 0 aromatic heterocycles. The SMILES string of the molecule is CCOC(=O)C(=O)Nc1cc(C)c(Oc2ccc(O)c(NC(=O)N(CC(C)C)CC(C)C)c2)c(C)c1. The van der Waals surface area contributed by atoms with Crippen LogP contribution < -0.4 is 15.4 Å². The molecule has 9 nitrogen and oxygen atoms in total. The summed E-state index contributed by atoms with van der Waals surface area (Å²) in [6.07, 6.45) is 0. The summed E-state index contributed by atoms with van der Waals surface area (Å²) < 4.78 is 10.8. The Morgan fingerprint density at radius 2 is 1.53 bits per heavy atom. The summed E-state index contributed by atoms with van der Waals surface area (Å²) in [5, 5.41) is 15.7. The minimum atomic E-state index is -0.952. The number of benzene rings is 2. The molecule has 196 valence electrons. The van der Waals surface area contributed by atoms with Crippen LogP contribution in [0.5, 0.6) is 17.2 Å². The van der Waals surface area contributed by atoms with E-state index in [0.717, 1.165) is 0 Å². The van der Waals surface area contributed by atoms with Gasteiger partial charge in [0.05, 0.1) is 12.3 Å². The van der Waals surface area contributed by atoms with Gasteiger partial charge in [0.2, 0.25) is 0 Å². The summed E-state index contributed by atoms with van der Waals surface area (Å²) in [4.78, 5) is 38.2. The van der Waals surface area contributed by atoms with Crippen LogP contribution >= 0.6 is 0 Å². The van der Waals surface area contributed by atoms with E-state index in [1.165, 1.54) is 6.07 Å². The van der Waals surface area contributed by atoms with Crippen molar-refractivity contribution in [3.05, 3.63) is 41.5 Å². The maximum Gasteiger partial charge on any atom is 0.397 e. The summed E-state index contributed by atoms with van der Waals surface area (Å²) in [6, 6.07) is 7.68. The molecule has 3 N–H and O–H groups in total. The largest absolute Gasteiger partial charge is 0.506 e. The lowest BCUT2D eigenvalue weighted by Crippen LogP contribution is -2.39. The first-order valence-corrected chi connectivity index (χ1v) is 12.1. The van der Waals surface area contributed by atoms with Crippen molar-refractivity contribution in [3.8, 4) is 17.2 Å². The van der Waals surface area contributed by atoms with Crippen molar-refractivity contribution < 1.29 is 29.0 Å². The topological polar surface area (TPSA) is 117 Å². The van der Waals surface area contributed by atoms with Crippen LogP contribution in [-0.2, 0) is 14.3 Å². The van der Waals surface area contributed by atoms with Gasteiger partial charge in [-0.1, -0.05) is 27.7 Å². The zero-order valence-corrected chi connectivity index (χ0v) is 22.1. The molecule has 0 fully saturated rings. The summed E-state index contributed by atoms with van der Waals surface area (Å²) in [6.45, 7) is 14.7. The van der Waals surface area contributed by atoms with Crippen molar-refractivity contribution in [3.63, 3.8) is 0 Å². The number of hydrogen-bond acceptors (Lipinski definition) is 6. The first kappa shape index (κ1) is 28.5. The van der Waals surface area contributed by atoms with Crippen LogP contribution in [0.3, 0.4) is 0 Å². The molecule has 0 aliphatic carbocycles. The second kappa shape index (κ2) is 12.8. The highest BCUT2D eigenvalue weighted by atomic mass is 16.5. The van der Waals surface area contributed by atoms with Gasteiger partial charge in [0, 0.05) is 24.8 Å². The lowest BCUT2D eigenvalue weighted by Gasteiger charge is -2.26. The molecule has 0 saturated heterocycles. The third-order valence-electron chi connectivity index (χ3n) is 5.07. The normalized spacial score (nSPS) is 10.8. The quantitative estimate of drug-likeness (QED) is 0.240. The van der Waals surface area contributed by atoms with Gasteiger partial charge in [-0.15, -0.1) is 0 Å². The second-order valence-electron chi connectivity index (χ2n) is 9.52. The third kappa shape index (κ3) is 8.18. The molecule has 0 unspecified atom stereocenters. The number of phenols is 1. The predicted molar refractivity (Wildman–Crippen MR) is 140 cm³/mol. The molecule has 0 atom stereocenters. The number of aryl methyl sites for hydroxylation is 2. The number of carbonyl (C=O) groups is 3. The fourth-order valence-corrected chi connectivity index (χ4v) is 3.67. The van der Waals surface area contributed by atoms with Crippen LogP contribution in [0.15, 0.2) is 30.3 Å². The Kier molecular flexibility index (Phi) is 10.1. The minimum Gasteiger partial charge on any atom is -0.506 e. The van der Waals surface area contributed by atoms with Gasteiger partial charge in [-0.3, -0.25) is 4.79 Å². The average molecular weight is 500 g/mol. The van der Waals surface area contributed by atoms with E-state index in [-0.39, 0.29) is 24.1 Å². The number of nitrogens with zero attached hydrogens (tertiary/aromatic N) is 1. The van der Waals surface area contributed by atoms with Crippen LogP contribution in [0, 0.1) is 25.7 Å². The molecule has 2 aromatic rings. The van der Waals surface area contributed by atoms with Gasteiger partial charge in [-0.05, 0) is 68.0 Å². The van der Waals surface area contributed by atoms with E-state index in [2.05, 4.69) is 10.6 Å². The number of rotatable bonds is 9. The van der Waals surface area contributed by atoms with Gasteiger partial charge < -0.3 is 30.1 Å². The maximum atomic E-state index is 12.9. The highest BCUT2D eigenvalue weighted by Crippen LogP contribution is 2.35. The molecule has 0 bridgehead atoms. The number of esters is 1. The highest BCUT2D eigenvalue weighted by molar-refractivity contribution is 6.37. The summed E-state index contributed by atoms with van der Waals surface area (Å²) in [5.41, 5.74) is 2.11. The Hall–Kier alpha value is -3.75. The van der Waals surface area contributed by atoms with Crippen molar-refractivity contribution in [2.45, 2.75) is 48.5 Å². The molecule has 36 heavy (non-hydrogen) atoms. The molecule has 0 spiro atoms. The molecule has 0 radical (unpaired) electrons. The van der Waals surface area contributed by atoms with E-state index in [0.29, 0.717) is 53.2 Å². The molecule has 0 aliphatic rings. The predicted octanol–water partition coefficient (Wildman–Crippen LogP) is 5.45. The van der Waals surface area contributed by atoms with Gasteiger partial charge in [-0.25, -0.2) is 9.59 Å². The molecule has 3 amide bonds. The number of ether oxygens (including phenoxy) is 2. The zero-order valence-electron chi connectivity index (χ0n) is 22.1. The maximum absolute atomic E-state index is 12.9. The fourth-order valence-electron chi connectivity index (χ4n) is 3.67. The van der Waals surface area contributed by atoms with Gasteiger partial charge in [0.25, 0.3) is 0 Å². The Balaban J connectivity index is 2.21. The minimum absolute atomic E-state index is 0.0739. The second-order valence-corrected chi connectivity index (χ2v) is 9.52. The van der Waals surface area contributed by atoms with Crippen molar-refractivity contribution >= 4 is 29.3 Å². The number of carbonyl (C=O) groups excluding carboxylic acids is 3. The first-order chi connectivity index (χ1) is 16.9. The number of anilines is 2. The Bertz CT molecular complexity index is 1060. The number of phenolic OH excluding ortho intramolecular Hbond substituents is 1. The van der Waals surface area contributed by atoms with Crippen molar-refractivity contribution in [1.82, 2.24) is 4.90 Å². The number of aromatic hydroxyl groups is 1. The Morgan fingerprint density at radius 3 is 2.06 bits per heavy atom. The Morgan fingerprint density at radius 1 is 0.944 bits per heavy atom. The molecule has 0 saturated carbocycles. The third-order valence-corrected chi connectivity index (χ3v) is 5.07. The lowest BCUT2D eigenvalue weighted by molar-refractivity contribution is -0.152. The first-order valence-electron chi connectivity index (χ1n) is 12.1. The van der Waals surface area contributed by atoms with Crippen LogP contribution in [0.25, 0.3) is 0 Å². The standard InChI is InChI=1S/C27H37N3O6/c1-8-35-26(33)25(32)28-20-11-18(6)24(19(7)12-20)36-21-9-10-23(31)22(13-21)29-27(34)30(14-16(2)3)15-17(4)5/h9-13,16-17,31H,8,14-15H2,1-7H3,(H,28,32)(H,29,34). The summed E-state index contributed by atoms with van der Waals surface area (Å²) in [5.74, 6) is -0.317. The van der Waals surface area contributed by atoms with E-state index in [1.807, 2.05) is 27.7 Å². The number of nitrogens with one attached hydrogen (secondary N) is 2. The van der Waals surface area contributed by atoms with E-state index in [1.54, 1.807) is 49.9 Å². The van der Waals surface area contributed by atoms with Gasteiger partial charge in [-0.2, -0.15) is 0 Å². The number of urea groups is 1. The average Bonchev–Trinajstić information content (AvgIpc) is 2.77. The highest BCUT2D eigenvalue weighted by Gasteiger charge is 2.19. The van der Waals surface area contributed by atoms with Crippen molar-refractivity contribution in [1.29, 1.82) is 0 Å². The van der Waals surface area contributed by atoms with Crippen LogP contribution in [0.1, 0.15) is 45.7 Å². The van der Waals surface area contributed by atoms with Crippen molar-refractivity contribution in [2.75, 3.05) is 30.3 Å². The number of amides is 3. The van der Waals surface area contributed by atoms with Crippen LogP contribution in [0.4, 0.5) is 16.2 Å². The van der Waals surface area contributed by atoms with Crippen LogP contribution in [0.2, 0.25) is 0 Å². The zero-order chi connectivity index (χ0) is 27.0. The van der Waals surface area contributed by atoms with Gasteiger partial charge in [0.1, 0.15) is 17.2 Å². The lowest BCUT2D eigenvalue weighted by atomic mass is 10.1. The molecular weight excluding hydrogens is 462 g/mol. The molecule has 0 heterocycles. The van der Waals surface area contributed by atoms with Crippen LogP contribution in [-0.4, -0.2) is 47.6 Å². The van der Waals surface area contributed by atoms with E-state index in [9.17, 15) is 19.5 Å². The van der Waals surface area contributed by atoms with E-state index < -0.39 is 11.9 Å². The molecule has 0 aliphatic heterocycles. The smallest absolute Gasteiger partial charge is 0.397 e. The molecule has 2 rings (SSSR count). The Labute approximate surface area is 212 Å². The van der Waals surface area contributed by atoms with E-state index >= 15 is 0 Å². The summed E-state index contributed by atoms with van der Waals surface area (Å²) >= 11 is 0. The van der Waals surface area contributed by atoms with Gasteiger partial charge in [0.15, 0.2) is 0 Å².